The third kappa shape index (κ3) is 1.84. The predicted molar refractivity (Wildman–Crippen MR) is 46.4 cm³/mol. The van der Waals surface area contributed by atoms with Crippen LogP contribution >= 0.6 is 11.5 Å². The maximum absolute atomic E-state index is 11.4. The number of nitrogens with zero attached hydrogens (tertiary/aromatic N) is 2. The fourth-order valence-corrected chi connectivity index (χ4v) is 1.55. The van der Waals surface area contributed by atoms with Crippen LogP contribution in [0.15, 0.2) is 6.20 Å². The number of hydrogen-bond acceptors (Lipinski definition) is 5. The van der Waals surface area contributed by atoms with Crippen molar-refractivity contribution in [3.05, 3.63) is 11.1 Å². The second kappa shape index (κ2) is 3.39. The number of aliphatic hydroxyl groups is 1. The molecule has 0 aromatic carbocycles. The Labute approximate surface area is 78.9 Å². The first-order valence-corrected chi connectivity index (χ1v) is 4.77. The van der Waals surface area contributed by atoms with Crippen molar-refractivity contribution < 1.29 is 9.90 Å². The molecule has 6 heteroatoms. The zero-order valence-corrected chi connectivity index (χ0v) is 7.62. The molecule has 2 unspecified atom stereocenters. The van der Waals surface area contributed by atoms with E-state index >= 15 is 0 Å². The fourth-order valence-electron chi connectivity index (χ4n) is 1.13. The van der Waals surface area contributed by atoms with E-state index in [4.69, 9.17) is 5.11 Å². The standard InChI is InChI=1S/C7H9N3O2S/c11-3-4-1-5(4)9-7(12)6-2-8-10-13-6/h2,4-5,11H,1,3H2,(H,9,12). The van der Waals surface area contributed by atoms with Crippen LogP contribution in [0, 0.1) is 5.92 Å². The number of carbonyl (C=O) groups is 1. The Balaban J connectivity index is 1.87. The van der Waals surface area contributed by atoms with Crippen LogP contribution in [-0.2, 0) is 0 Å². The van der Waals surface area contributed by atoms with Crippen molar-refractivity contribution in [2.45, 2.75) is 12.5 Å². The number of rotatable bonds is 3. The van der Waals surface area contributed by atoms with Gasteiger partial charge in [0.05, 0.1) is 6.20 Å². The molecule has 1 aromatic rings. The van der Waals surface area contributed by atoms with Crippen LogP contribution in [0.4, 0.5) is 0 Å². The molecule has 1 saturated carbocycles. The van der Waals surface area contributed by atoms with E-state index in [1.807, 2.05) is 0 Å². The average molecular weight is 199 g/mol. The minimum Gasteiger partial charge on any atom is -0.396 e. The van der Waals surface area contributed by atoms with E-state index in [9.17, 15) is 4.79 Å². The van der Waals surface area contributed by atoms with Crippen LogP contribution in [0.3, 0.4) is 0 Å². The van der Waals surface area contributed by atoms with Crippen LogP contribution in [0.25, 0.3) is 0 Å². The molecule has 70 valence electrons. The van der Waals surface area contributed by atoms with E-state index in [1.54, 1.807) is 0 Å². The Morgan fingerprint density at radius 2 is 2.69 bits per heavy atom. The molecule has 13 heavy (non-hydrogen) atoms. The summed E-state index contributed by atoms with van der Waals surface area (Å²) in [6.45, 7) is 0.145. The van der Waals surface area contributed by atoms with Gasteiger partial charge in [0.1, 0.15) is 4.88 Å². The molecule has 0 radical (unpaired) electrons. The van der Waals surface area contributed by atoms with Gasteiger partial charge in [-0.25, -0.2) is 0 Å². The Hall–Kier alpha value is -1.01. The Kier molecular flexibility index (Phi) is 2.24. The summed E-state index contributed by atoms with van der Waals surface area (Å²) in [5, 5.41) is 15.1. The minimum absolute atomic E-state index is 0.139. The minimum atomic E-state index is -0.143. The van der Waals surface area contributed by atoms with Crippen molar-refractivity contribution in [3.63, 3.8) is 0 Å². The molecule has 5 nitrogen and oxygen atoms in total. The summed E-state index contributed by atoms with van der Waals surface area (Å²) in [5.74, 6) is 0.0979. The third-order valence-corrected chi connectivity index (χ3v) is 2.72. The van der Waals surface area contributed by atoms with E-state index in [-0.39, 0.29) is 24.5 Å². The van der Waals surface area contributed by atoms with Crippen molar-refractivity contribution in [1.82, 2.24) is 14.9 Å². The second-order valence-electron chi connectivity index (χ2n) is 3.04. The van der Waals surface area contributed by atoms with Gasteiger partial charge in [-0.3, -0.25) is 4.79 Å². The quantitative estimate of drug-likeness (QED) is 0.697. The summed E-state index contributed by atoms with van der Waals surface area (Å²) in [4.78, 5) is 11.9. The Morgan fingerprint density at radius 3 is 3.23 bits per heavy atom. The summed E-state index contributed by atoms with van der Waals surface area (Å²) < 4.78 is 3.59. The smallest absolute Gasteiger partial charge is 0.264 e. The summed E-state index contributed by atoms with van der Waals surface area (Å²) in [6, 6.07) is 0.139. The van der Waals surface area contributed by atoms with Crippen LogP contribution in [0.2, 0.25) is 0 Å². The van der Waals surface area contributed by atoms with Gasteiger partial charge in [0, 0.05) is 18.6 Å². The summed E-state index contributed by atoms with van der Waals surface area (Å²) >= 11 is 1.07. The van der Waals surface area contributed by atoms with Crippen LogP contribution in [0.5, 0.6) is 0 Å². The normalized spacial score (nSPS) is 25.6. The van der Waals surface area contributed by atoms with Crippen molar-refractivity contribution in [2.75, 3.05) is 6.61 Å². The lowest BCUT2D eigenvalue weighted by Gasteiger charge is -1.99. The highest BCUT2D eigenvalue weighted by atomic mass is 32.1. The van der Waals surface area contributed by atoms with Gasteiger partial charge in [-0.15, -0.1) is 5.10 Å². The van der Waals surface area contributed by atoms with Crippen LogP contribution in [-0.4, -0.2) is 33.2 Å². The summed E-state index contributed by atoms with van der Waals surface area (Å²) in [7, 11) is 0. The SMILES string of the molecule is O=C(NC1CC1CO)c1cnns1. The highest BCUT2D eigenvalue weighted by Gasteiger charge is 2.37. The van der Waals surface area contributed by atoms with Gasteiger partial charge in [0.15, 0.2) is 0 Å². The first kappa shape index (κ1) is 8.58. The molecular weight excluding hydrogens is 190 g/mol. The monoisotopic (exact) mass is 199 g/mol. The molecule has 0 aliphatic heterocycles. The van der Waals surface area contributed by atoms with Crippen molar-refractivity contribution in [3.8, 4) is 0 Å². The van der Waals surface area contributed by atoms with Gasteiger partial charge < -0.3 is 10.4 Å². The van der Waals surface area contributed by atoms with E-state index in [0.717, 1.165) is 18.0 Å². The van der Waals surface area contributed by atoms with Crippen molar-refractivity contribution in [2.24, 2.45) is 5.92 Å². The van der Waals surface area contributed by atoms with E-state index < -0.39 is 0 Å². The first-order valence-electron chi connectivity index (χ1n) is 4.00. The zero-order chi connectivity index (χ0) is 9.26. The summed E-state index contributed by atoms with van der Waals surface area (Å²) in [6.07, 6.45) is 2.31. The number of nitrogens with one attached hydrogen (secondary N) is 1. The molecule has 1 amide bonds. The third-order valence-electron chi connectivity index (χ3n) is 2.06. The summed E-state index contributed by atoms with van der Waals surface area (Å²) in [5.41, 5.74) is 0. The lowest BCUT2D eigenvalue weighted by Crippen LogP contribution is -2.26. The predicted octanol–water partition coefficient (Wildman–Crippen LogP) is -0.351. The molecule has 0 saturated heterocycles. The van der Waals surface area contributed by atoms with Gasteiger partial charge >= 0.3 is 0 Å². The van der Waals surface area contributed by atoms with E-state index in [1.165, 1.54) is 6.20 Å². The number of carbonyl (C=O) groups excluding carboxylic acids is 1. The van der Waals surface area contributed by atoms with Crippen LogP contribution < -0.4 is 5.32 Å². The largest absolute Gasteiger partial charge is 0.396 e. The van der Waals surface area contributed by atoms with Gasteiger partial charge in [-0.2, -0.15) is 0 Å². The second-order valence-corrected chi connectivity index (χ2v) is 3.83. The van der Waals surface area contributed by atoms with Gasteiger partial charge in [0.2, 0.25) is 0 Å². The highest BCUT2D eigenvalue weighted by Crippen LogP contribution is 2.29. The molecule has 1 aromatic heterocycles. The molecule has 2 N–H and O–H groups in total. The Bertz CT molecular complexity index is 301. The molecule has 2 rings (SSSR count). The van der Waals surface area contributed by atoms with E-state index in [0.29, 0.717) is 4.88 Å². The molecule has 1 fully saturated rings. The molecule has 0 spiro atoms. The molecule has 0 bridgehead atoms. The highest BCUT2D eigenvalue weighted by molar-refractivity contribution is 7.07. The maximum atomic E-state index is 11.4. The van der Waals surface area contributed by atoms with Gasteiger partial charge in [-0.1, -0.05) is 4.49 Å². The van der Waals surface area contributed by atoms with Crippen molar-refractivity contribution in [1.29, 1.82) is 0 Å². The Morgan fingerprint density at radius 1 is 1.85 bits per heavy atom. The van der Waals surface area contributed by atoms with Crippen molar-refractivity contribution >= 4 is 17.4 Å². The molecule has 2 atom stereocenters. The number of aliphatic hydroxyl groups excluding tert-OH is 1. The number of hydrogen-bond donors (Lipinski definition) is 2. The van der Waals surface area contributed by atoms with E-state index in [2.05, 4.69) is 14.9 Å². The first-order chi connectivity index (χ1) is 6.31. The van der Waals surface area contributed by atoms with Gasteiger partial charge in [-0.05, 0) is 18.0 Å². The molecular formula is C7H9N3O2S. The molecule has 1 aliphatic carbocycles. The number of amides is 1. The molecule has 1 heterocycles. The maximum Gasteiger partial charge on any atom is 0.264 e. The topological polar surface area (TPSA) is 75.1 Å². The average Bonchev–Trinajstić information content (AvgIpc) is 2.68. The van der Waals surface area contributed by atoms with Crippen LogP contribution in [0.1, 0.15) is 16.1 Å². The zero-order valence-electron chi connectivity index (χ0n) is 6.80. The number of aromatic nitrogens is 2. The molecule has 1 aliphatic rings. The lowest BCUT2D eigenvalue weighted by atomic mass is 10.4. The lowest BCUT2D eigenvalue weighted by molar-refractivity contribution is 0.0951. The van der Waals surface area contributed by atoms with Gasteiger partial charge in [0.25, 0.3) is 5.91 Å². The fraction of sp³-hybridized carbons (Fsp3) is 0.571.